The number of alkyl halides is 2. The van der Waals surface area contributed by atoms with E-state index in [1.165, 1.54) is 11.9 Å². The third kappa shape index (κ3) is 5.20. The Kier molecular flexibility index (Phi) is 6.25. The van der Waals surface area contributed by atoms with Gasteiger partial charge in [-0.05, 0) is 73.0 Å². The summed E-state index contributed by atoms with van der Waals surface area (Å²) in [6.07, 6.45) is 3.98. The predicted octanol–water partition coefficient (Wildman–Crippen LogP) is 5.35. The SMILES string of the molecule is CS(=O)c1ccc(N2CCCC(F)(F)C2)c(NSc2cc(C(=O)O)ccc2C2CC2)c1. The van der Waals surface area contributed by atoms with Gasteiger partial charge < -0.3 is 14.7 Å². The van der Waals surface area contributed by atoms with Gasteiger partial charge in [0, 0.05) is 39.8 Å². The first-order valence-corrected chi connectivity index (χ1v) is 12.5. The molecule has 1 aliphatic carbocycles. The van der Waals surface area contributed by atoms with Gasteiger partial charge in [0.25, 0.3) is 5.92 Å². The summed E-state index contributed by atoms with van der Waals surface area (Å²) in [5, 5.41) is 9.36. The maximum Gasteiger partial charge on any atom is 0.335 e. The molecule has 0 aromatic heterocycles. The van der Waals surface area contributed by atoms with E-state index in [-0.39, 0.29) is 18.5 Å². The molecule has 2 aromatic rings. The number of halogens is 2. The summed E-state index contributed by atoms with van der Waals surface area (Å²) in [6.45, 7) is 0.161. The zero-order chi connectivity index (χ0) is 22.2. The van der Waals surface area contributed by atoms with Gasteiger partial charge in [0.15, 0.2) is 0 Å². The van der Waals surface area contributed by atoms with Crippen LogP contribution in [0.1, 0.15) is 47.5 Å². The van der Waals surface area contributed by atoms with Crippen molar-refractivity contribution in [3.63, 3.8) is 0 Å². The normalized spacial score (nSPS) is 19.1. The quantitative estimate of drug-likeness (QED) is 0.536. The molecule has 2 fully saturated rings. The van der Waals surface area contributed by atoms with Crippen molar-refractivity contribution >= 4 is 40.1 Å². The number of piperidine rings is 1. The summed E-state index contributed by atoms with van der Waals surface area (Å²) in [7, 11) is -1.22. The van der Waals surface area contributed by atoms with E-state index in [1.54, 1.807) is 41.5 Å². The highest BCUT2D eigenvalue weighted by atomic mass is 32.2. The van der Waals surface area contributed by atoms with Crippen LogP contribution in [-0.4, -0.2) is 40.6 Å². The maximum absolute atomic E-state index is 14.0. The predicted molar refractivity (Wildman–Crippen MR) is 120 cm³/mol. The van der Waals surface area contributed by atoms with E-state index >= 15 is 0 Å². The Morgan fingerprint density at radius 1 is 1.26 bits per heavy atom. The standard InChI is InChI=1S/C22H24F2N2O3S2/c1-31(29)16-6-8-19(26-10-2-9-22(23,24)13-26)18(12-16)25-30-20-11-15(21(27)28)5-7-17(20)14-3-4-14/h5-8,11-12,14,25H,2-4,9-10,13H2,1H3,(H,27,28). The smallest absolute Gasteiger partial charge is 0.335 e. The van der Waals surface area contributed by atoms with Gasteiger partial charge >= 0.3 is 5.97 Å². The van der Waals surface area contributed by atoms with Crippen LogP contribution in [0.3, 0.4) is 0 Å². The van der Waals surface area contributed by atoms with Crippen LogP contribution in [0.25, 0.3) is 0 Å². The topological polar surface area (TPSA) is 69.6 Å². The van der Waals surface area contributed by atoms with Crippen molar-refractivity contribution < 1.29 is 22.9 Å². The van der Waals surface area contributed by atoms with Crippen molar-refractivity contribution in [2.24, 2.45) is 0 Å². The molecule has 1 saturated heterocycles. The van der Waals surface area contributed by atoms with Crippen molar-refractivity contribution in [3.8, 4) is 0 Å². The molecule has 2 N–H and O–H groups in total. The number of carboxylic acids is 1. The average Bonchev–Trinajstić information content (AvgIpc) is 3.56. The van der Waals surface area contributed by atoms with Crippen molar-refractivity contribution in [2.75, 3.05) is 29.0 Å². The highest BCUT2D eigenvalue weighted by molar-refractivity contribution is 8.00. The third-order valence-corrected chi connectivity index (χ3v) is 7.40. The monoisotopic (exact) mass is 466 g/mol. The number of aromatic carboxylic acids is 1. The van der Waals surface area contributed by atoms with E-state index in [2.05, 4.69) is 4.72 Å². The summed E-state index contributed by atoms with van der Waals surface area (Å²) in [5.41, 5.74) is 2.51. The van der Waals surface area contributed by atoms with Gasteiger partial charge in [-0.1, -0.05) is 6.07 Å². The van der Waals surface area contributed by atoms with Crippen molar-refractivity contribution in [3.05, 3.63) is 47.5 Å². The number of hydrogen-bond acceptors (Lipinski definition) is 5. The average molecular weight is 467 g/mol. The molecule has 166 valence electrons. The Labute approximate surface area is 186 Å². The number of nitrogens with one attached hydrogen (secondary N) is 1. The minimum Gasteiger partial charge on any atom is -0.478 e. The van der Waals surface area contributed by atoms with Gasteiger partial charge in [-0.25, -0.2) is 13.6 Å². The molecule has 1 saturated carbocycles. The number of benzene rings is 2. The molecule has 0 radical (unpaired) electrons. The second-order valence-corrected chi connectivity index (χ2v) is 10.3. The minimum absolute atomic E-state index is 0.120. The molecule has 1 atom stereocenters. The summed E-state index contributed by atoms with van der Waals surface area (Å²) < 4.78 is 43.3. The summed E-state index contributed by atoms with van der Waals surface area (Å²) in [5.74, 6) is -3.32. The molecular weight excluding hydrogens is 442 g/mol. The second-order valence-electron chi connectivity index (χ2n) is 8.05. The number of rotatable bonds is 7. The maximum atomic E-state index is 14.0. The van der Waals surface area contributed by atoms with Crippen LogP contribution < -0.4 is 9.62 Å². The number of hydrogen-bond donors (Lipinski definition) is 2. The highest BCUT2D eigenvalue weighted by Gasteiger charge is 2.36. The third-order valence-electron chi connectivity index (χ3n) is 5.58. The molecule has 2 aliphatic rings. The molecule has 31 heavy (non-hydrogen) atoms. The second kappa shape index (κ2) is 8.78. The Morgan fingerprint density at radius 2 is 2.03 bits per heavy atom. The molecular formula is C22H24F2N2O3S2. The Morgan fingerprint density at radius 3 is 2.68 bits per heavy atom. The summed E-state index contributed by atoms with van der Waals surface area (Å²) >= 11 is 1.27. The lowest BCUT2D eigenvalue weighted by atomic mass is 10.1. The molecule has 0 amide bonds. The number of nitrogens with zero attached hydrogens (tertiary/aromatic N) is 1. The zero-order valence-corrected chi connectivity index (χ0v) is 18.7. The first-order valence-electron chi connectivity index (χ1n) is 10.1. The molecule has 1 heterocycles. The Balaban J connectivity index is 1.64. The molecule has 0 bridgehead atoms. The van der Waals surface area contributed by atoms with E-state index in [0.717, 1.165) is 23.3 Å². The Bertz CT molecular complexity index is 1030. The molecule has 0 spiro atoms. The van der Waals surface area contributed by atoms with Gasteiger partial charge in [-0.15, -0.1) is 0 Å². The first kappa shape index (κ1) is 22.1. The van der Waals surface area contributed by atoms with Gasteiger partial charge in [-0.2, -0.15) is 0 Å². The van der Waals surface area contributed by atoms with E-state index in [1.807, 2.05) is 6.07 Å². The number of carboxylic acid groups (broad SMARTS) is 1. The van der Waals surface area contributed by atoms with E-state index in [9.17, 15) is 22.9 Å². The fraction of sp³-hybridized carbons (Fsp3) is 0.409. The van der Waals surface area contributed by atoms with Crippen LogP contribution in [0.15, 0.2) is 46.2 Å². The highest BCUT2D eigenvalue weighted by Crippen LogP contribution is 2.45. The van der Waals surface area contributed by atoms with Crippen LogP contribution in [0.4, 0.5) is 20.2 Å². The fourth-order valence-electron chi connectivity index (χ4n) is 3.82. The fourth-order valence-corrected chi connectivity index (χ4v) is 5.29. The van der Waals surface area contributed by atoms with Crippen LogP contribution in [0.5, 0.6) is 0 Å². The molecule has 1 unspecified atom stereocenters. The molecule has 1 aliphatic heterocycles. The van der Waals surface area contributed by atoms with Gasteiger partial charge in [0.05, 0.1) is 23.5 Å². The molecule has 5 nitrogen and oxygen atoms in total. The van der Waals surface area contributed by atoms with Crippen LogP contribution >= 0.6 is 11.9 Å². The van der Waals surface area contributed by atoms with Crippen LogP contribution in [0, 0.1) is 0 Å². The van der Waals surface area contributed by atoms with Crippen LogP contribution in [-0.2, 0) is 10.8 Å². The largest absolute Gasteiger partial charge is 0.478 e. The van der Waals surface area contributed by atoms with Crippen molar-refractivity contribution in [2.45, 2.75) is 47.3 Å². The van der Waals surface area contributed by atoms with Gasteiger partial charge in [0.1, 0.15) is 0 Å². The van der Waals surface area contributed by atoms with E-state index < -0.39 is 22.7 Å². The lowest BCUT2D eigenvalue weighted by Crippen LogP contribution is -2.42. The van der Waals surface area contributed by atoms with E-state index in [4.69, 9.17) is 0 Å². The van der Waals surface area contributed by atoms with Gasteiger partial charge in [0.2, 0.25) is 0 Å². The minimum atomic E-state index is -2.75. The summed E-state index contributed by atoms with van der Waals surface area (Å²) in [6, 6.07) is 10.3. The molecule has 2 aromatic carbocycles. The Hall–Kier alpha value is -2.13. The van der Waals surface area contributed by atoms with Crippen LogP contribution in [0.2, 0.25) is 0 Å². The van der Waals surface area contributed by atoms with Crippen molar-refractivity contribution in [1.82, 2.24) is 0 Å². The van der Waals surface area contributed by atoms with Crippen molar-refractivity contribution in [1.29, 1.82) is 0 Å². The first-order chi connectivity index (χ1) is 14.7. The lowest BCUT2D eigenvalue weighted by molar-refractivity contribution is -0.0116. The number of carbonyl (C=O) groups is 1. The van der Waals surface area contributed by atoms with Gasteiger partial charge in [-0.3, -0.25) is 4.21 Å². The molecule has 4 rings (SSSR count). The zero-order valence-electron chi connectivity index (χ0n) is 17.1. The summed E-state index contributed by atoms with van der Waals surface area (Å²) in [4.78, 5) is 14.5. The lowest BCUT2D eigenvalue weighted by Gasteiger charge is -2.35. The number of anilines is 2. The molecule has 9 heteroatoms. The van der Waals surface area contributed by atoms with E-state index in [0.29, 0.717) is 35.2 Å².